The van der Waals surface area contributed by atoms with Gasteiger partial charge in [0.2, 0.25) is 5.91 Å². The topological polar surface area (TPSA) is 44.8 Å². The monoisotopic (exact) mass is 373 g/mol. The van der Waals surface area contributed by atoms with Crippen LogP contribution in [-0.4, -0.2) is 68.6 Å². The fourth-order valence-corrected chi connectivity index (χ4v) is 4.66. The molecular formula is C22H35N3O2. The third kappa shape index (κ3) is 5.02. The van der Waals surface area contributed by atoms with Crippen LogP contribution in [0.4, 0.5) is 0 Å². The molecule has 2 fully saturated rings. The number of hydrogen-bond acceptors (Lipinski definition) is 4. The highest BCUT2D eigenvalue weighted by Crippen LogP contribution is 2.43. The van der Waals surface area contributed by atoms with Gasteiger partial charge in [-0.2, -0.15) is 0 Å². The second-order valence-corrected chi connectivity index (χ2v) is 8.39. The molecule has 0 unspecified atom stereocenters. The summed E-state index contributed by atoms with van der Waals surface area (Å²) in [6.07, 6.45) is 5.39. The maximum atomic E-state index is 12.9. The Morgan fingerprint density at radius 3 is 2.81 bits per heavy atom. The van der Waals surface area contributed by atoms with Gasteiger partial charge in [-0.25, -0.2) is 0 Å². The van der Waals surface area contributed by atoms with Crippen molar-refractivity contribution in [2.75, 3.05) is 46.9 Å². The highest BCUT2D eigenvalue weighted by Gasteiger charge is 2.47. The van der Waals surface area contributed by atoms with Crippen LogP contribution in [0.15, 0.2) is 24.3 Å². The molecule has 27 heavy (non-hydrogen) atoms. The van der Waals surface area contributed by atoms with Gasteiger partial charge in [-0.3, -0.25) is 9.69 Å². The molecule has 5 nitrogen and oxygen atoms in total. The SMILES string of the molecule is CCCN1CC2(CCN(C)CC2)C[C@H]1C(=O)NCCc1cccc(OC)c1. The van der Waals surface area contributed by atoms with Crippen molar-refractivity contribution in [1.82, 2.24) is 15.1 Å². The van der Waals surface area contributed by atoms with E-state index in [4.69, 9.17) is 4.74 Å². The van der Waals surface area contributed by atoms with Crippen molar-refractivity contribution < 1.29 is 9.53 Å². The van der Waals surface area contributed by atoms with Crippen LogP contribution in [0, 0.1) is 5.41 Å². The molecule has 2 heterocycles. The Kier molecular flexibility index (Phi) is 6.77. The van der Waals surface area contributed by atoms with Crippen LogP contribution in [0.25, 0.3) is 0 Å². The van der Waals surface area contributed by atoms with Crippen LogP contribution in [-0.2, 0) is 11.2 Å². The van der Waals surface area contributed by atoms with Gasteiger partial charge in [0, 0.05) is 13.1 Å². The smallest absolute Gasteiger partial charge is 0.237 e. The zero-order valence-corrected chi connectivity index (χ0v) is 17.2. The number of nitrogens with zero attached hydrogens (tertiary/aromatic N) is 2. The van der Waals surface area contributed by atoms with Crippen LogP contribution in [0.5, 0.6) is 5.75 Å². The van der Waals surface area contributed by atoms with E-state index in [0.717, 1.165) is 51.2 Å². The molecule has 0 saturated carbocycles. The zero-order valence-electron chi connectivity index (χ0n) is 17.2. The van der Waals surface area contributed by atoms with Crippen molar-refractivity contribution in [3.63, 3.8) is 0 Å². The number of carbonyl (C=O) groups is 1. The molecule has 5 heteroatoms. The van der Waals surface area contributed by atoms with Crippen molar-refractivity contribution in [3.05, 3.63) is 29.8 Å². The maximum Gasteiger partial charge on any atom is 0.237 e. The Balaban J connectivity index is 1.55. The van der Waals surface area contributed by atoms with Gasteiger partial charge < -0.3 is 15.0 Å². The van der Waals surface area contributed by atoms with Gasteiger partial charge in [-0.05, 0) is 81.9 Å². The highest BCUT2D eigenvalue weighted by molar-refractivity contribution is 5.82. The molecular weight excluding hydrogens is 338 g/mol. The highest BCUT2D eigenvalue weighted by atomic mass is 16.5. The Labute approximate surface area is 164 Å². The van der Waals surface area contributed by atoms with E-state index >= 15 is 0 Å². The van der Waals surface area contributed by atoms with E-state index < -0.39 is 0 Å². The second-order valence-electron chi connectivity index (χ2n) is 8.39. The minimum absolute atomic E-state index is 0.0404. The van der Waals surface area contributed by atoms with Gasteiger partial charge in [0.25, 0.3) is 0 Å². The number of likely N-dealkylation sites (tertiary alicyclic amines) is 2. The van der Waals surface area contributed by atoms with Crippen LogP contribution < -0.4 is 10.1 Å². The van der Waals surface area contributed by atoms with Crippen LogP contribution in [0.2, 0.25) is 0 Å². The molecule has 0 bridgehead atoms. The van der Waals surface area contributed by atoms with E-state index in [2.05, 4.69) is 35.2 Å². The second kappa shape index (κ2) is 9.07. The summed E-state index contributed by atoms with van der Waals surface area (Å²) in [4.78, 5) is 17.8. The first-order chi connectivity index (χ1) is 13.0. The molecule has 1 aromatic carbocycles. The summed E-state index contributed by atoms with van der Waals surface area (Å²) in [6.45, 7) is 7.30. The van der Waals surface area contributed by atoms with Crippen LogP contribution in [0.1, 0.15) is 38.2 Å². The standard InChI is InChI=1S/C22H35N3O2/c1-4-12-25-17-22(9-13-24(2)14-10-22)16-20(25)21(26)23-11-8-18-6-5-7-19(15-18)27-3/h5-7,15,20H,4,8-14,16-17H2,1-3H3,(H,23,26)/t20-/m0/s1. The molecule has 0 aliphatic carbocycles. The molecule has 0 aromatic heterocycles. The Bertz CT molecular complexity index is 626. The van der Waals surface area contributed by atoms with Crippen molar-refractivity contribution >= 4 is 5.91 Å². The summed E-state index contributed by atoms with van der Waals surface area (Å²) < 4.78 is 5.28. The normalized spacial score (nSPS) is 22.9. The first kappa shape index (κ1) is 20.2. The number of hydrogen-bond donors (Lipinski definition) is 1. The summed E-state index contributed by atoms with van der Waals surface area (Å²) in [6, 6.07) is 8.11. The molecule has 150 valence electrons. The Hall–Kier alpha value is -1.59. The van der Waals surface area contributed by atoms with Crippen molar-refractivity contribution in [3.8, 4) is 5.75 Å². The van der Waals surface area contributed by atoms with Gasteiger partial charge in [-0.15, -0.1) is 0 Å². The molecule has 1 aromatic rings. The zero-order chi connectivity index (χ0) is 19.3. The van der Waals surface area contributed by atoms with E-state index in [1.165, 1.54) is 18.4 Å². The van der Waals surface area contributed by atoms with Crippen molar-refractivity contribution in [2.24, 2.45) is 5.41 Å². The van der Waals surface area contributed by atoms with Crippen molar-refractivity contribution in [2.45, 2.75) is 45.1 Å². The average molecular weight is 374 g/mol. The summed E-state index contributed by atoms with van der Waals surface area (Å²) in [5.74, 6) is 1.08. The van der Waals surface area contributed by atoms with Gasteiger partial charge in [0.1, 0.15) is 5.75 Å². The van der Waals surface area contributed by atoms with Gasteiger partial charge in [-0.1, -0.05) is 19.1 Å². The Morgan fingerprint density at radius 2 is 2.11 bits per heavy atom. The summed E-state index contributed by atoms with van der Waals surface area (Å²) >= 11 is 0. The number of benzene rings is 1. The number of methoxy groups -OCH3 is 1. The predicted octanol–water partition coefficient (Wildman–Crippen LogP) is 2.55. The maximum absolute atomic E-state index is 12.9. The van der Waals surface area contributed by atoms with E-state index in [1.54, 1.807) is 7.11 Å². The summed E-state index contributed by atoms with van der Waals surface area (Å²) in [5, 5.41) is 3.20. The molecule has 2 aliphatic heterocycles. The first-order valence-corrected chi connectivity index (χ1v) is 10.4. The van der Waals surface area contributed by atoms with E-state index in [0.29, 0.717) is 12.0 Å². The number of ether oxygens (including phenoxy) is 1. The van der Waals surface area contributed by atoms with Gasteiger partial charge in [0.15, 0.2) is 0 Å². The number of piperidine rings is 1. The lowest BCUT2D eigenvalue weighted by Crippen LogP contribution is -2.44. The number of nitrogens with one attached hydrogen (secondary N) is 1. The van der Waals surface area contributed by atoms with Crippen LogP contribution >= 0.6 is 0 Å². The third-order valence-corrected chi connectivity index (χ3v) is 6.31. The molecule has 2 saturated heterocycles. The largest absolute Gasteiger partial charge is 0.497 e. The molecule has 1 amide bonds. The average Bonchev–Trinajstić information content (AvgIpc) is 3.03. The quantitative estimate of drug-likeness (QED) is 0.798. The van der Waals surface area contributed by atoms with Gasteiger partial charge in [0.05, 0.1) is 13.2 Å². The van der Waals surface area contributed by atoms with E-state index in [1.807, 2.05) is 18.2 Å². The lowest BCUT2D eigenvalue weighted by Gasteiger charge is -2.37. The molecule has 3 rings (SSSR count). The molecule has 1 N–H and O–H groups in total. The summed E-state index contributed by atoms with van der Waals surface area (Å²) in [5.41, 5.74) is 1.54. The first-order valence-electron chi connectivity index (χ1n) is 10.4. The number of rotatable bonds is 7. The Morgan fingerprint density at radius 1 is 1.33 bits per heavy atom. The molecule has 1 atom stereocenters. The van der Waals surface area contributed by atoms with Gasteiger partial charge >= 0.3 is 0 Å². The lowest BCUT2D eigenvalue weighted by atomic mass is 9.76. The van der Waals surface area contributed by atoms with Crippen molar-refractivity contribution in [1.29, 1.82) is 0 Å². The minimum Gasteiger partial charge on any atom is -0.497 e. The fourth-order valence-electron chi connectivity index (χ4n) is 4.66. The third-order valence-electron chi connectivity index (χ3n) is 6.31. The predicted molar refractivity (Wildman–Crippen MR) is 109 cm³/mol. The fraction of sp³-hybridized carbons (Fsp3) is 0.682. The lowest BCUT2D eigenvalue weighted by molar-refractivity contribution is -0.125. The molecule has 1 spiro atoms. The van der Waals surface area contributed by atoms with Crippen LogP contribution in [0.3, 0.4) is 0 Å². The molecule has 2 aliphatic rings. The minimum atomic E-state index is 0.0404. The molecule has 0 radical (unpaired) electrons. The number of amides is 1. The number of carbonyl (C=O) groups excluding carboxylic acids is 1. The van der Waals surface area contributed by atoms with E-state index in [9.17, 15) is 4.79 Å². The van der Waals surface area contributed by atoms with E-state index in [-0.39, 0.29) is 11.9 Å². The summed E-state index contributed by atoms with van der Waals surface area (Å²) in [7, 11) is 3.89.